The van der Waals surface area contributed by atoms with Crippen LogP contribution < -0.4 is 4.72 Å². The summed E-state index contributed by atoms with van der Waals surface area (Å²) < 4.78 is 32.4. The Hall–Kier alpha value is -2.51. The molecule has 1 heterocycles. The molecule has 6 nitrogen and oxygen atoms in total. The second-order valence-corrected chi connectivity index (χ2v) is 7.38. The first-order valence-electron chi connectivity index (χ1n) is 7.99. The predicted molar refractivity (Wildman–Crippen MR) is 94.4 cm³/mol. The van der Waals surface area contributed by atoms with Crippen molar-refractivity contribution in [3.8, 4) is 11.4 Å². The van der Waals surface area contributed by atoms with Crippen LogP contribution in [0, 0.1) is 6.92 Å². The third-order valence-corrected chi connectivity index (χ3v) is 5.36. The number of benzene rings is 2. The Balaban J connectivity index is 1.54. The molecule has 0 radical (unpaired) electrons. The number of rotatable bonds is 7. The highest BCUT2D eigenvalue weighted by atomic mass is 32.2. The van der Waals surface area contributed by atoms with Crippen molar-refractivity contribution in [2.45, 2.75) is 24.7 Å². The van der Waals surface area contributed by atoms with Gasteiger partial charge in [0.25, 0.3) is 0 Å². The maximum absolute atomic E-state index is 12.3. The molecule has 7 heteroatoms. The molecule has 0 spiro atoms. The average Bonchev–Trinajstić information content (AvgIpc) is 3.09. The molecule has 0 aliphatic rings. The molecule has 0 bridgehead atoms. The van der Waals surface area contributed by atoms with Gasteiger partial charge in [-0.05, 0) is 25.0 Å². The van der Waals surface area contributed by atoms with Gasteiger partial charge in [0.2, 0.25) is 21.7 Å². The second-order valence-electron chi connectivity index (χ2n) is 5.64. The van der Waals surface area contributed by atoms with E-state index in [0.29, 0.717) is 36.0 Å². The zero-order valence-electron chi connectivity index (χ0n) is 13.8. The zero-order valence-corrected chi connectivity index (χ0v) is 14.7. The summed E-state index contributed by atoms with van der Waals surface area (Å²) in [6.45, 7) is 2.08. The van der Waals surface area contributed by atoms with Crippen molar-refractivity contribution in [2.75, 3.05) is 6.54 Å². The van der Waals surface area contributed by atoms with Gasteiger partial charge in [-0.15, -0.1) is 0 Å². The molecule has 0 saturated carbocycles. The van der Waals surface area contributed by atoms with E-state index in [0.717, 1.165) is 11.1 Å². The molecule has 3 aromatic rings. The molecule has 1 N–H and O–H groups in total. The Morgan fingerprint density at radius 2 is 1.76 bits per heavy atom. The van der Waals surface area contributed by atoms with Crippen molar-refractivity contribution in [1.29, 1.82) is 0 Å². The number of hydrogen-bond acceptors (Lipinski definition) is 5. The highest BCUT2D eigenvalue weighted by Gasteiger charge is 2.15. The van der Waals surface area contributed by atoms with Crippen molar-refractivity contribution < 1.29 is 12.9 Å². The van der Waals surface area contributed by atoms with E-state index in [9.17, 15) is 8.42 Å². The summed E-state index contributed by atoms with van der Waals surface area (Å²) in [4.78, 5) is 4.64. The lowest BCUT2D eigenvalue weighted by Crippen LogP contribution is -2.25. The molecule has 0 unspecified atom stereocenters. The molecular formula is C18H19N3O3S. The molecule has 2 aromatic carbocycles. The van der Waals surface area contributed by atoms with E-state index in [1.165, 1.54) is 0 Å². The first kappa shape index (κ1) is 17.3. The molecule has 0 atom stereocenters. The standard InChI is InChI=1S/C18H19N3O3S/c1-14-8-5-6-11-16(14)25(22,23)19-13-7-12-17-20-18(21-24-17)15-9-3-2-4-10-15/h2-6,8-11,19H,7,12-13H2,1H3. The van der Waals surface area contributed by atoms with Crippen LogP contribution in [-0.4, -0.2) is 25.1 Å². The lowest BCUT2D eigenvalue weighted by Gasteiger charge is -2.08. The quantitative estimate of drug-likeness (QED) is 0.657. The van der Waals surface area contributed by atoms with Crippen molar-refractivity contribution >= 4 is 10.0 Å². The minimum absolute atomic E-state index is 0.305. The fraction of sp³-hybridized carbons (Fsp3) is 0.222. The van der Waals surface area contributed by atoms with E-state index in [1.54, 1.807) is 25.1 Å². The van der Waals surface area contributed by atoms with E-state index in [2.05, 4.69) is 14.9 Å². The van der Waals surface area contributed by atoms with E-state index in [4.69, 9.17) is 4.52 Å². The summed E-state index contributed by atoms with van der Waals surface area (Å²) in [5.41, 5.74) is 1.61. The number of aromatic nitrogens is 2. The average molecular weight is 357 g/mol. The van der Waals surface area contributed by atoms with Gasteiger partial charge in [0.05, 0.1) is 4.90 Å². The topological polar surface area (TPSA) is 85.1 Å². The van der Waals surface area contributed by atoms with Crippen molar-refractivity contribution in [3.05, 3.63) is 66.1 Å². The molecule has 25 heavy (non-hydrogen) atoms. The summed E-state index contributed by atoms with van der Waals surface area (Å²) in [6, 6.07) is 16.5. The van der Waals surface area contributed by atoms with Crippen molar-refractivity contribution in [3.63, 3.8) is 0 Å². The van der Waals surface area contributed by atoms with Crippen LogP contribution in [0.4, 0.5) is 0 Å². The lowest BCUT2D eigenvalue weighted by molar-refractivity contribution is 0.376. The molecule has 0 aliphatic carbocycles. The highest BCUT2D eigenvalue weighted by Crippen LogP contribution is 2.16. The minimum Gasteiger partial charge on any atom is -0.339 e. The van der Waals surface area contributed by atoms with Crippen LogP contribution in [-0.2, 0) is 16.4 Å². The maximum atomic E-state index is 12.3. The minimum atomic E-state index is -3.50. The van der Waals surface area contributed by atoms with E-state index in [1.807, 2.05) is 36.4 Å². The van der Waals surface area contributed by atoms with Gasteiger partial charge in [-0.2, -0.15) is 4.98 Å². The van der Waals surface area contributed by atoms with Crippen molar-refractivity contribution in [2.24, 2.45) is 0 Å². The van der Waals surface area contributed by atoms with Gasteiger partial charge >= 0.3 is 0 Å². The number of sulfonamides is 1. The molecular weight excluding hydrogens is 338 g/mol. The van der Waals surface area contributed by atoms with Crippen LogP contribution in [0.25, 0.3) is 11.4 Å². The van der Waals surface area contributed by atoms with E-state index >= 15 is 0 Å². The normalized spacial score (nSPS) is 11.6. The molecule has 130 valence electrons. The van der Waals surface area contributed by atoms with Crippen LogP contribution in [0.15, 0.2) is 64.0 Å². The second kappa shape index (κ2) is 7.58. The van der Waals surface area contributed by atoms with E-state index < -0.39 is 10.0 Å². The van der Waals surface area contributed by atoms with Crippen LogP contribution in [0.1, 0.15) is 17.9 Å². The molecule has 0 saturated heterocycles. The highest BCUT2D eigenvalue weighted by molar-refractivity contribution is 7.89. The van der Waals surface area contributed by atoms with Crippen molar-refractivity contribution in [1.82, 2.24) is 14.9 Å². The Morgan fingerprint density at radius 3 is 2.52 bits per heavy atom. The summed E-state index contributed by atoms with van der Waals surface area (Å²) in [5, 5.41) is 3.95. The SMILES string of the molecule is Cc1ccccc1S(=O)(=O)NCCCc1nc(-c2ccccc2)no1. The van der Waals surface area contributed by atoms with Crippen LogP contribution in [0.3, 0.4) is 0 Å². The smallest absolute Gasteiger partial charge is 0.240 e. The largest absolute Gasteiger partial charge is 0.339 e. The molecule has 3 rings (SSSR count). The molecule has 1 aromatic heterocycles. The van der Waals surface area contributed by atoms with Gasteiger partial charge < -0.3 is 4.52 Å². The summed E-state index contributed by atoms with van der Waals surface area (Å²) in [6.07, 6.45) is 1.08. The van der Waals surface area contributed by atoms with Gasteiger partial charge in [0.15, 0.2) is 0 Å². The van der Waals surface area contributed by atoms with Gasteiger partial charge in [-0.3, -0.25) is 0 Å². The van der Waals surface area contributed by atoms with Gasteiger partial charge in [0, 0.05) is 18.5 Å². The van der Waals surface area contributed by atoms with Gasteiger partial charge in [0.1, 0.15) is 0 Å². The van der Waals surface area contributed by atoms with Crippen LogP contribution in [0.2, 0.25) is 0 Å². The third-order valence-electron chi connectivity index (χ3n) is 3.74. The summed E-state index contributed by atoms with van der Waals surface area (Å²) in [7, 11) is -3.50. The van der Waals surface area contributed by atoms with Crippen LogP contribution in [0.5, 0.6) is 0 Å². The van der Waals surface area contributed by atoms with Crippen LogP contribution >= 0.6 is 0 Å². The Morgan fingerprint density at radius 1 is 1.04 bits per heavy atom. The van der Waals surface area contributed by atoms with E-state index in [-0.39, 0.29) is 0 Å². The fourth-order valence-electron chi connectivity index (χ4n) is 2.44. The molecule has 0 aliphatic heterocycles. The zero-order chi connectivity index (χ0) is 17.7. The summed E-state index contributed by atoms with van der Waals surface area (Å²) >= 11 is 0. The van der Waals surface area contributed by atoms with Gasteiger partial charge in [-0.25, -0.2) is 13.1 Å². The monoisotopic (exact) mass is 357 g/mol. The Kier molecular flexibility index (Phi) is 5.25. The first-order chi connectivity index (χ1) is 12.1. The number of aryl methyl sites for hydroxylation is 2. The Bertz CT molecular complexity index is 937. The maximum Gasteiger partial charge on any atom is 0.240 e. The van der Waals surface area contributed by atoms with Gasteiger partial charge in [-0.1, -0.05) is 53.7 Å². The fourth-order valence-corrected chi connectivity index (χ4v) is 3.76. The third kappa shape index (κ3) is 4.32. The molecule has 0 amide bonds. The Labute approximate surface area is 147 Å². The lowest BCUT2D eigenvalue weighted by atomic mass is 10.2. The number of nitrogens with one attached hydrogen (secondary N) is 1. The molecule has 0 fully saturated rings. The number of nitrogens with zero attached hydrogens (tertiary/aromatic N) is 2. The summed E-state index contributed by atoms with van der Waals surface area (Å²) in [5.74, 6) is 1.03. The number of hydrogen-bond donors (Lipinski definition) is 1. The first-order valence-corrected chi connectivity index (χ1v) is 9.48. The predicted octanol–water partition coefficient (Wildman–Crippen LogP) is 2.96.